The third-order valence-electron chi connectivity index (χ3n) is 2.58. The quantitative estimate of drug-likeness (QED) is 0.790. The van der Waals surface area contributed by atoms with E-state index in [0.29, 0.717) is 11.4 Å². The number of aromatic nitrogens is 1. The molecule has 0 saturated carbocycles. The van der Waals surface area contributed by atoms with Crippen LogP contribution in [0.3, 0.4) is 0 Å². The Morgan fingerprint density at radius 3 is 2.36 bits per heavy atom. The molecule has 0 aliphatic carbocycles. The Bertz CT molecular complexity index is 690. The van der Waals surface area contributed by atoms with E-state index in [-0.39, 0.29) is 27.1 Å². The fraction of sp³-hybridized carbons (Fsp3) is 0.143. The van der Waals surface area contributed by atoms with Gasteiger partial charge in [-0.2, -0.15) is 4.98 Å². The summed E-state index contributed by atoms with van der Waals surface area (Å²) in [6.07, 6.45) is 0. The molecule has 0 atom stereocenters. The monoisotopic (exact) mass is 359 g/mol. The lowest BCUT2D eigenvalue weighted by Gasteiger charge is -2.12. The van der Waals surface area contributed by atoms with Crippen LogP contribution < -0.4 is 10.1 Å². The highest BCUT2D eigenvalue weighted by Gasteiger charge is 2.10. The topological polar surface area (TPSA) is 54.5 Å². The molecule has 1 N–H and O–H groups in total. The van der Waals surface area contributed by atoms with Gasteiger partial charge in [0, 0.05) is 19.8 Å². The van der Waals surface area contributed by atoms with Crippen molar-refractivity contribution in [3.8, 4) is 11.6 Å². The number of anilines is 1. The summed E-state index contributed by atoms with van der Waals surface area (Å²) in [4.78, 5) is 16.9. The summed E-state index contributed by atoms with van der Waals surface area (Å²) >= 11 is 17.6. The summed E-state index contributed by atoms with van der Waals surface area (Å²) in [7, 11) is 3.31. The van der Waals surface area contributed by atoms with Crippen LogP contribution in [0.4, 0.5) is 10.5 Å². The van der Waals surface area contributed by atoms with Gasteiger partial charge in [-0.1, -0.05) is 34.8 Å². The number of hydrogen-bond donors (Lipinski definition) is 1. The summed E-state index contributed by atoms with van der Waals surface area (Å²) in [6, 6.07) is 7.98. The van der Waals surface area contributed by atoms with Crippen molar-refractivity contribution in [2.75, 3.05) is 19.4 Å². The molecule has 116 valence electrons. The summed E-state index contributed by atoms with van der Waals surface area (Å²) in [5.74, 6) is 0.650. The van der Waals surface area contributed by atoms with Crippen molar-refractivity contribution in [1.29, 1.82) is 0 Å². The second-order valence-corrected chi connectivity index (χ2v) is 5.67. The second-order valence-electron chi connectivity index (χ2n) is 4.50. The van der Waals surface area contributed by atoms with Crippen LogP contribution in [0.2, 0.25) is 15.2 Å². The van der Waals surface area contributed by atoms with E-state index < -0.39 is 0 Å². The van der Waals surface area contributed by atoms with Crippen molar-refractivity contribution in [2.24, 2.45) is 0 Å². The molecule has 0 spiro atoms. The Kier molecular flexibility index (Phi) is 5.34. The maximum Gasteiger partial charge on any atom is 0.321 e. The Hall–Kier alpha value is -1.69. The number of pyridine rings is 1. The number of carbonyl (C=O) groups is 1. The minimum absolute atomic E-state index is 0.107. The van der Waals surface area contributed by atoms with Gasteiger partial charge in [-0.3, -0.25) is 0 Å². The summed E-state index contributed by atoms with van der Waals surface area (Å²) < 4.78 is 5.54. The zero-order valence-corrected chi connectivity index (χ0v) is 14.0. The normalized spacial score (nSPS) is 10.2. The first-order valence-corrected chi connectivity index (χ1v) is 7.28. The molecule has 0 aliphatic heterocycles. The zero-order valence-electron chi connectivity index (χ0n) is 11.7. The molecule has 0 saturated heterocycles. The van der Waals surface area contributed by atoms with Gasteiger partial charge in [0.1, 0.15) is 10.8 Å². The zero-order chi connectivity index (χ0) is 16.3. The molecule has 8 heteroatoms. The fourth-order valence-corrected chi connectivity index (χ4v) is 1.98. The number of urea groups is 1. The van der Waals surface area contributed by atoms with Crippen molar-refractivity contribution < 1.29 is 9.53 Å². The summed E-state index contributed by atoms with van der Waals surface area (Å²) in [6.45, 7) is 0. The van der Waals surface area contributed by atoms with Gasteiger partial charge in [-0.15, -0.1) is 0 Å². The Morgan fingerprint density at radius 1 is 1.14 bits per heavy atom. The largest absolute Gasteiger partial charge is 0.437 e. The van der Waals surface area contributed by atoms with E-state index in [0.717, 1.165) is 0 Å². The molecule has 1 aromatic heterocycles. The smallest absolute Gasteiger partial charge is 0.321 e. The molecular formula is C14H12Cl3N3O2. The molecule has 2 aromatic rings. The van der Waals surface area contributed by atoms with Gasteiger partial charge >= 0.3 is 6.03 Å². The highest BCUT2D eigenvalue weighted by atomic mass is 35.5. The van der Waals surface area contributed by atoms with Crippen molar-refractivity contribution in [1.82, 2.24) is 9.88 Å². The van der Waals surface area contributed by atoms with E-state index in [1.165, 1.54) is 11.0 Å². The number of nitrogens with one attached hydrogen (secondary N) is 1. The predicted molar refractivity (Wildman–Crippen MR) is 88.5 cm³/mol. The Balaban J connectivity index is 2.12. The number of halogens is 3. The van der Waals surface area contributed by atoms with Crippen LogP contribution in [0.1, 0.15) is 0 Å². The van der Waals surface area contributed by atoms with E-state index in [1.807, 2.05) is 0 Å². The molecule has 0 unspecified atom stereocenters. The van der Waals surface area contributed by atoms with Gasteiger partial charge in [0.05, 0.1) is 5.02 Å². The minimum Gasteiger partial charge on any atom is -0.437 e. The summed E-state index contributed by atoms with van der Waals surface area (Å²) in [5, 5.41) is 3.32. The van der Waals surface area contributed by atoms with Crippen LogP contribution in [-0.2, 0) is 0 Å². The lowest BCUT2D eigenvalue weighted by Crippen LogP contribution is -2.27. The molecule has 0 radical (unpaired) electrons. The summed E-state index contributed by atoms with van der Waals surface area (Å²) in [5.41, 5.74) is 0.638. The van der Waals surface area contributed by atoms with Crippen molar-refractivity contribution in [2.45, 2.75) is 0 Å². The minimum atomic E-state index is -0.220. The van der Waals surface area contributed by atoms with Crippen LogP contribution in [0, 0.1) is 0 Å². The molecule has 1 heterocycles. The van der Waals surface area contributed by atoms with Crippen LogP contribution in [0.5, 0.6) is 11.6 Å². The standard InChI is InChI=1S/C14H12Cl3N3O2/c1-20(2)14(21)18-8-3-5-9(6-4-8)22-13-11(16)7-10(15)12(17)19-13/h3-7H,1-2H3,(H,18,21). The number of carbonyl (C=O) groups excluding carboxylic acids is 1. The molecule has 2 amide bonds. The molecule has 0 aliphatic rings. The van der Waals surface area contributed by atoms with E-state index in [1.54, 1.807) is 38.4 Å². The van der Waals surface area contributed by atoms with Gasteiger partial charge in [0.25, 0.3) is 0 Å². The number of benzene rings is 1. The second kappa shape index (κ2) is 7.05. The van der Waals surface area contributed by atoms with E-state index in [4.69, 9.17) is 39.5 Å². The van der Waals surface area contributed by atoms with E-state index >= 15 is 0 Å². The molecule has 0 bridgehead atoms. The van der Waals surface area contributed by atoms with E-state index in [9.17, 15) is 4.79 Å². The van der Waals surface area contributed by atoms with Crippen LogP contribution in [0.25, 0.3) is 0 Å². The molecule has 2 rings (SSSR count). The van der Waals surface area contributed by atoms with E-state index in [2.05, 4.69) is 10.3 Å². The van der Waals surface area contributed by atoms with Gasteiger partial charge < -0.3 is 15.0 Å². The molecule has 5 nitrogen and oxygen atoms in total. The lowest BCUT2D eigenvalue weighted by atomic mass is 10.3. The van der Waals surface area contributed by atoms with Crippen molar-refractivity contribution in [3.05, 3.63) is 45.5 Å². The third kappa shape index (κ3) is 4.16. The van der Waals surface area contributed by atoms with Gasteiger partial charge in [-0.25, -0.2) is 4.79 Å². The number of hydrogen-bond acceptors (Lipinski definition) is 3. The van der Waals surface area contributed by atoms with Gasteiger partial charge in [0.15, 0.2) is 5.15 Å². The fourth-order valence-electron chi connectivity index (χ4n) is 1.45. The molecule has 0 fully saturated rings. The first-order chi connectivity index (χ1) is 10.4. The van der Waals surface area contributed by atoms with Crippen molar-refractivity contribution in [3.63, 3.8) is 0 Å². The first kappa shape index (κ1) is 16.7. The maximum atomic E-state index is 11.5. The van der Waals surface area contributed by atoms with Crippen LogP contribution in [0.15, 0.2) is 30.3 Å². The molecule has 22 heavy (non-hydrogen) atoms. The van der Waals surface area contributed by atoms with Crippen LogP contribution >= 0.6 is 34.8 Å². The van der Waals surface area contributed by atoms with Crippen molar-refractivity contribution >= 4 is 46.5 Å². The third-order valence-corrected chi connectivity index (χ3v) is 3.52. The highest BCUT2D eigenvalue weighted by Crippen LogP contribution is 2.33. The first-order valence-electron chi connectivity index (χ1n) is 6.14. The van der Waals surface area contributed by atoms with Crippen LogP contribution in [-0.4, -0.2) is 30.0 Å². The predicted octanol–water partition coefficient (Wildman–Crippen LogP) is 4.93. The average molecular weight is 361 g/mol. The number of amides is 2. The SMILES string of the molecule is CN(C)C(=O)Nc1ccc(Oc2nc(Cl)c(Cl)cc2Cl)cc1. The Labute approximate surface area is 142 Å². The lowest BCUT2D eigenvalue weighted by molar-refractivity contribution is 0.230. The highest BCUT2D eigenvalue weighted by molar-refractivity contribution is 6.42. The average Bonchev–Trinajstić information content (AvgIpc) is 2.46. The number of rotatable bonds is 3. The number of ether oxygens (including phenoxy) is 1. The maximum absolute atomic E-state index is 11.5. The number of nitrogens with zero attached hydrogens (tertiary/aromatic N) is 2. The van der Waals surface area contributed by atoms with Gasteiger partial charge in [0.2, 0.25) is 5.88 Å². The molecular weight excluding hydrogens is 349 g/mol. The molecule has 1 aromatic carbocycles. The Morgan fingerprint density at radius 2 is 1.77 bits per heavy atom. The van der Waals surface area contributed by atoms with Gasteiger partial charge in [-0.05, 0) is 30.3 Å².